The van der Waals surface area contributed by atoms with Gasteiger partial charge in [0.1, 0.15) is 0 Å². The van der Waals surface area contributed by atoms with Crippen LogP contribution in [0.2, 0.25) is 0 Å². The van der Waals surface area contributed by atoms with Gasteiger partial charge in [0, 0.05) is 18.8 Å². The third-order valence-corrected chi connectivity index (χ3v) is 3.48. The molecule has 0 aliphatic carbocycles. The summed E-state index contributed by atoms with van der Waals surface area (Å²) in [5.74, 6) is -0.387. The zero-order valence-corrected chi connectivity index (χ0v) is 12.1. The summed E-state index contributed by atoms with van der Waals surface area (Å²) in [5, 5.41) is 5.60. The van der Waals surface area contributed by atoms with Crippen molar-refractivity contribution in [3.05, 3.63) is 29.8 Å². The molecule has 6 nitrogen and oxygen atoms in total. The van der Waals surface area contributed by atoms with E-state index >= 15 is 0 Å². The number of primary amides is 1. The molecule has 6 heteroatoms. The number of urea groups is 1. The van der Waals surface area contributed by atoms with Gasteiger partial charge in [-0.1, -0.05) is 12.1 Å². The first kappa shape index (κ1) is 15.3. The Morgan fingerprint density at radius 3 is 2.71 bits per heavy atom. The lowest BCUT2D eigenvalue weighted by atomic mass is 10.1. The first-order chi connectivity index (χ1) is 10.1. The minimum absolute atomic E-state index is 0.173. The number of nitrogens with zero attached hydrogens (tertiary/aromatic N) is 1. The quantitative estimate of drug-likeness (QED) is 0.728. The second-order valence-corrected chi connectivity index (χ2v) is 5.27. The maximum absolute atomic E-state index is 11.8. The van der Waals surface area contributed by atoms with Crippen LogP contribution in [0.5, 0.6) is 0 Å². The van der Waals surface area contributed by atoms with Crippen LogP contribution in [0.15, 0.2) is 24.3 Å². The SMILES string of the molecule is NC(=O)Cc1cccc(NC(=O)NCCN2CCCC2)c1. The average Bonchev–Trinajstić information content (AvgIpc) is 2.91. The molecule has 1 aromatic carbocycles. The molecule has 1 heterocycles. The van der Waals surface area contributed by atoms with Crippen LogP contribution in [0, 0.1) is 0 Å². The van der Waals surface area contributed by atoms with Gasteiger partial charge in [-0.25, -0.2) is 4.79 Å². The predicted molar refractivity (Wildman–Crippen MR) is 82.0 cm³/mol. The van der Waals surface area contributed by atoms with Gasteiger partial charge in [0.05, 0.1) is 6.42 Å². The molecule has 0 atom stereocenters. The summed E-state index contributed by atoms with van der Waals surface area (Å²) in [6.07, 6.45) is 2.67. The molecule has 0 aromatic heterocycles. The molecule has 1 aliphatic heterocycles. The van der Waals surface area contributed by atoms with Crippen molar-refractivity contribution >= 4 is 17.6 Å². The molecule has 0 radical (unpaired) electrons. The molecular formula is C15H22N4O2. The fourth-order valence-electron chi connectivity index (χ4n) is 2.47. The number of hydrogen-bond acceptors (Lipinski definition) is 3. The van der Waals surface area contributed by atoms with E-state index in [4.69, 9.17) is 5.73 Å². The van der Waals surface area contributed by atoms with E-state index in [2.05, 4.69) is 15.5 Å². The van der Waals surface area contributed by atoms with Gasteiger partial charge in [-0.2, -0.15) is 0 Å². The first-order valence-electron chi connectivity index (χ1n) is 7.28. The number of amides is 3. The van der Waals surface area contributed by atoms with E-state index in [9.17, 15) is 9.59 Å². The van der Waals surface area contributed by atoms with E-state index in [1.807, 2.05) is 0 Å². The van der Waals surface area contributed by atoms with Crippen molar-refractivity contribution in [1.29, 1.82) is 0 Å². The Hall–Kier alpha value is -2.08. The summed E-state index contributed by atoms with van der Waals surface area (Å²) in [6, 6.07) is 6.90. The number of carbonyl (C=O) groups is 2. The van der Waals surface area contributed by atoms with Crippen molar-refractivity contribution in [2.45, 2.75) is 19.3 Å². The van der Waals surface area contributed by atoms with E-state index in [1.54, 1.807) is 24.3 Å². The van der Waals surface area contributed by atoms with Gasteiger partial charge < -0.3 is 21.3 Å². The third-order valence-electron chi connectivity index (χ3n) is 3.48. The van der Waals surface area contributed by atoms with Crippen molar-refractivity contribution in [2.75, 3.05) is 31.5 Å². The molecule has 1 fully saturated rings. The molecule has 2 rings (SSSR count). The number of hydrogen-bond donors (Lipinski definition) is 3. The van der Waals surface area contributed by atoms with E-state index in [1.165, 1.54) is 12.8 Å². The number of rotatable bonds is 6. The zero-order chi connectivity index (χ0) is 15.1. The second-order valence-electron chi connectivity index (χ2n) is 5.27. The normalized spacial score (nSPS) is 14.9. The van der Waals surface area contributed by atoms with Gasteiger partial charge in [-0.15, -0.1) is 0 Å². The average molecular weight is 290 g/mol. The van der Waals surface area contributed by atoms with Crippen molar-refractivity contribution in [3.63, 3.8) is 0 Å². The van der Waals surface area contributed by atoms with Gasteiger partial charge in [0.25, 0.3) is 0 Å². The van der Waals surface area contributed by atoms with Gasteiger partial charge in [0.15, 0.2) is 0 Å². The third kappa shape index (κ3) is 5.43. The minimum atomic E-state index is -0.387. The molecule has 0 spiro atoms. The molecule has 21 heavy (non-hydrogen) atoms. The molecule has 0 bridgehead atoms. The highest BCUT2D eigenvalue weighted by atomic mass is 16.2. The predicted octanol–water partition coefficient (Wildman–Crippen LogP) is 0.932. The summed E-state index contributed by atoms with van der Waals surface area (Å²) in [4.78, 5) is 25.0. The first-order valence-corrected chi connectivity index (χ1v) is 7.28. The summed E-state index contributed by atoms with van der Waals surface area (Å²) in [7, 11) is 0. The Kier molecular flexibility index (Phi) is 5.57. The monoisotopic (exact) mass is 290 g/mol. The van der Waals surface area contributed by atoms with Crippen LogP contribution >= 0.6 is 0 Å². The van der Waals surface area contributed by atoms with Gasteiger partial charge in [0.2, 0.25) is 5.91 Å². The Labute approximate surface area is 124 Å². The van der Waals surface area contributed by atoms with Crippen molar-refractivity contribution in [1.82, 2.24) is 10.2 Å². The maximum Gasteiger partial charge on any atom is 0.319 e. The van der Waals surface area contributed by atoms with Crippen molar-refractivity contribution < 1.29 is 9.59 Å². The van der Waals surface area contributed by atoms with Crippen LogP contribution in [0.3, 0.4) is 0 Å². The van der Waals surface area contributed by atoms with Crippen LogP contribution in [-0.2, 0) is 11.2 Å². The molecule has 1 aromatic rings. The van der Waals surface area contributed by atoms with E-state index in [0.29, 0.717) is 12.2 Å². The topological polar surface area (TPSA) is 87.5 Å². The van der Waals surface area contributed by atoms with Crippen molar-refractivity contribution in [3.8, 4) is 0 Å². The van der Waals surface area contributed by atoms with Gasteiger partial charge in [-0.05, 0) is 43.6 Å². The highest BCUT2D eigenvalue weighted by Crippen LogP contribution is 2.11. The summed E-state index contributed by atoms with van der Waals surface area (Å²) in [6.45, 7) is 3.76. The molecule has 114 valence electrons. The van der Waals surface area contributed by atoms with Crippen LogP contribution in [0.4, 0.5) is 10.5 Å². The van der Waals surface area contributed by atoms with Crippen LogP contribution < -0.4 is 16.4 Å². The number of carbonyl (C=O) groups excluding carboxylic acids is 2. The fourth-order valence-corrected chi connectivity index (χ4v) is 2.47. The maximum atomic E-state index is 11.8. The lowest BCUT2D eigenvalue weighted by Gasteiger charge is -2.15. The minimum Gasteiger partial charge on any atom is -0.369 e. The lowest BCUT2D eigenvalue weighted by Crippen LogP contribution is -2.35. The lowest BCUT2D eigenvalue weighted by molar-refractivity contribution is -0.117. The van der Waals surface area contributed by atoms with Gasteiger partial charge in [-0.3, -0.25) is 4.79 Å². The van der Waals surface area contributed by atoms with Crippen LogP contribution in [0.1, 0.15) is 18.4 Å². The molecule has 0 unspecified atom stereocenters. The largest absolute Gasteiger partial charge is 0.369 e. The standard InChI is InChI=1S/C15H22N4O2/c16-14(20)11-12-4-3-5-13(10-12)18-15(21)17-6-9-19-7-1-2-8-19/h3-5,10H,1-2,6-9,11H2,(H2,16,20)(H2,17,18,21). The van der Waals surface area contributed by atoms with E-state index in [0.717, 1.165) is 25.2 Å². The molecular weight excluding hydrogens is 268 g/mol. The fraction of sp³-hybridized carbons (Fsp3) is 0.467. The van der Waals surface area contributed by atoms with Gasteiger partial charge >= 0.3 is 6.03 Å². The molecule has 0 saturated carbocycles. The molecule has 1 saturated heterocycles. The Bertz CT molecular complexity index is 498. The number of nitrogens with two attached hydrogens (primary N) is 1. The van der Waals surface area contributed by atoms with Crippen LogP contribution in [0.25, 0.3) is 0 Å². The number of likely N-dealkylation sites (tertiary alicyclic amines) is 1. The smallest absolute Gasteiger partial charge is 0.319 e. The Morgan fingerprint density at radius 2 is 2.00 bits per heavy atom. The van der Waals surface area contributed by atoms with Crippen LogP contribution in [-0.4, -0.2) is 43.0 Å². The number of anilines is 1. The van der Waals surface area contributed by atoms with E-state index in [-0.39, 0.29) is 18.4 Å². The van der Waals surface area contributed by atoms with Crippen molar-refractivity contribution in [2.24, 2.45) is 5.73 Å². The zero-order valence-electron chi connectivity index (χ0n) is 12.1. The van der Waals surface area contributed by atoms with E-state index < -0.39 is 0 Å². The highest BCUT2D eigenvalue weighted by Gasteiger charge is 2.11. The second kappa shape index (κ2) is 7.64. The molecule has 4 N–H and O–H groups in total. The Morgan fingerprint density at radius 1 is 1.24 bits per heavy atom. The molecule has 3 amide bonds. The number of benzene rings is 1. The summed E-state index contributed by atoms with van der Waals surface area (Å²) >= 11 is 0. The highest BCUT2D eigenvalue weighted by molar-refractivity contribution is 5.89. The summed E-state index contributed by atoms with van der Waals surface area (Å²) < 4.78 is 0. The number of nitrogens with one attached hydrogen (secondary N) is 2. The molecule has 1 aliphatic rings. The Balaban J connectivity index is 1.75. The summed E-state index contributed by atoms with van der Waals surface area (Å²) in [5.41, 5.74) is 6.61.